The van der Waals surface area contributed by atoms with Gasteiger partial charge in [-0.05, 0) is 31.0 Å². The highest BCUT2D eigenvalue weighted by molar-refractivity contribution is 7.91. The van der Waals surface area contributed by atoms with E-state index in [2.05, 4.69) is 11.3 Å². The number of carbonyl (C=O) groups is 1. The summed E-state index contributed by atoms with van der Waals surface area (Å²) in [4.78, 5) is 12.0. The van der Waals surface area contributed by atoms with E-state index >= 15 is 0 Å². The summed E-state index contributed by atoms with van der Waals surface area (Å²) >= 11 is 0. The second-order valence-corrected chi connectivity index (χ2v) is 8.04. The van der Waals surface area contributed by atoms with E-state index in [1.807, 2.05) is 37.3 Å². The molecule has 0 radical (unpaired) electrons. The molecule has 2 aromatic carbocycles. The van der Waals surface area contributed by atoms with Gasteiger partial charge in [0.05, 0.1) is 17.8 Å². The lowest BCUT2D eigenvalue weighted by Gasteiger charge is -2.18. The van der Waals surface area contributed by atoms with Crippen LogP contribution in [0, 0.1) is 6.92 Å². The van der Waals surface area contributed by atoms with Gasteiger partial charge < -0.3 is 4.74 Å². The zero-order chi connectivity index (χ0) is 18.4. The van der Waals surface area contributed by atoms with Crippen LogP contribution in [0.25, 0.3) is 0 Å². The summed E-state index contributed by atoms with van der Waals surface area (Å²) in [5, 5.41) is 0. The zero-order valence-corrected chi connectivity index (χ0v) is 15.3. The molecule has 0 bridgehead atoms. The van der Waals surface area contributed by atoms with Crippen LogP contribution in [0.3, 0.4) is 0 Å². The van der Waals surface area contributed by atoms with Gasteiger partial charge in [-0.2, -0.15) is 0 Å². The highest BCUT2D eigenvalue weighted by Gasteiger charge is 2.25. The largest absolute Gasteiger partial charge is 0.466 e. The van der Waals surface area contributed by atoms with Crippen LogP contribution in [0.5, 0.6) is 0 Å². The van der Waals surface area contributed by atoms with Crippen LogP contribution in [-0.2, 0) is 19.4 Å². The van der Waals surface area contributed by atoms with Gasteiger partial charge in [-0.25, -0.2) is 13.2 Å². The summed E-state index contributed by atoms with van der Waals surface area (Å²) in [5.41, 5.74) is 2.11. The van der Waals surface area contributed by atoms with Gasteiger partial charge in [0.1, 0.15) is 0 Å². The molecule has 2 aromatic rings. The SMILES string of the molecule is C=C(CC(CS(=O)(=O)c1ccc(C)cc1)c1ccccc1)C(=O)OC. The Labute approximate surface area is 149 Å². The van der Waals surface area contributed by atoms with Gasteiger partial charge in [0.25, 0.3) is 0 Å². The summed E-state index contributed by atoms with van der Waals surface area (Å²) < 4.78 is 30.3. The van der Waals surface area contributed by atoms with E-state index in [0.29, 0.717) is 0 Å². The average Bonchev–Trinajstić information content (AvgIpc) is 2.61. The van der Waals surface area contributed by atoms with Crippen LogP contribution in [0.4, 0.5) is 0 Å². The Morgan fingerprint density at radius 2 is 1.68 bits per heavy atom. The van der Waals surface area contributed by atoms with Crippen molar-refractivity contribution in [2.45, 2.75) is 24.2 Å². The Balaban J connectivity index is 2.31. The molecule has 0 saturated heterocycles. The van der Waals surface area contributed by atoms with Crippen molar-refractivity contribution in [1.82, 2.24) is 0 Å². The molecule has 1 atom stereocenters. The van der Waals surface area contributed by atoms with Gasteiger partial charge in [-0.15, -0.1) is 0 Å². The first-order valence-electron chi connectivity index (χ1n) is 7.94. The minimum atomic E-state index is -3.50. The predicted molar refractivity (Wildman–Crippen MR) is 98.2 cm³/mol. The van der Waals surface area contributed by atoms with Gasteiger partial charge in [0, 0.05) is 11.5 Å². The summed E-state index contributed by atoms with van der Waals surface area (Å²) in [6.07, 6.45) is 0.224. The standard InChI is InChI=1S/C20H22O4S/c1-15-9-11-19(12-10-15)25(22,23)14-18(13-16(2)20(21)24-3)17-7-5-4-6-8-17/h4-12,18H,2,13-14H2,1,3H3. The highest BCUT2D eigenvalue weighted by Crippen LogP contribution is 2.28. The quantitative estimate of drug-likeness (QED) is 0.560. The maximum atomic E-state index is 12.8. The van der Waals surface area contributed by atoms with Crippen LogP contribution in [0.2, 0.25) is 0 Å². The van der Waals surface area contributed by atoms with E-state index in [9.17, 15) is 13.2 Å². The maximum Gasteiger partial charge on any atom is 0.333 e. The summed E-state index contributed by atoms with van der Waals surface area (Å²) in [6, 6.07) is 16.1. The maximum absolute atomic E-state index is 12.8. The monoisotopic (exact) mass is 358 g/mol. The van der Waals surface area contributed by atoms with Crippen molar-refractivity contribution >= 4 is 15.8 Å². The number of benzene rings is 2. The van der Waals surface area contributed by atoms with Crippen LogP contribution in [0.15, 0.2) is 71.6 Å². The zero-order valence-electron chi connectivity index (χ0n) is 14.4. The van der Waals surface area contributed by atoms with Crippen molar-refractivity contribution in [2.75, 3.05) is 12.9 Å². The molecule has 0 amide bonds. The van der Waals surface area contributed by atoms with E-state index in [1.165, 1.54) is 7.11 Å². The van der Waals surface area contributed by atoms with Gasteiger partial charge in [-0.3, -0.25) is 0 Å². The van der Waals surface area contributed by atoms with Gasteiger partial charge in [-0.1, -0.05) is 54.6 Å². The molecule has 2 rings (SSSR count). The number of ether oxygens (including phenoxy) is 1. The minimum absolute atomic E-state index is 0.101. The third-order valence-corrected chi connectivity index (χ3v) is 5.87. The van der Waals surface area contributed by atoms with Gasteiger partial charge >= 0.3 is 5.97 Å². The van der Waals surface area contributed by atoms with Crippen molar-refractivity contribution in [1.29, 1.82) is 0 Å². The third-order valence-electron chi connectivity index (χ3n) is 4.04. The number of sulfone groups is 1. The van der Waals surface area contributed by atoms with Gasteiger partial charge in [0.2, 0.25) is 0 Å². The first-order chi connectivity index (χ1) is 11.8. The molecule has 0 N–H and O–H groups in total. The fourth-order valence-electron chi connectivity index (χ4n) is 2.63. The van der Waals surface area contributed by atoms with Crippen molar-refractivity contribution in [3.8, 4) is 0 Å². The number of carbonyl (C=O) groups excluding carboxylic acids is 1. The van der Waals surface area contributed by atoms with E-state index in [4.69, 9.17) is 0 Å². The number of aryl methyl sites for hydroxylation is 1. The highest BCUT2D eigenvalue weighted by atomic mass is 32.2. The first-order valence-corrected chi connectivity index (χ1v) is 9.59. The molecule has 132 valence electrons. The van der Waals surface area contributed by atoms with Crippen molar-refractivity contribution in [3.63, 3.8) is 0 Å². The van der Waals surface area contributed by atoms with Crippen molar-refractivity contribution in [3.05, 3.63) is 77.9 Å². The van der Waals surface area contributed by atoms with Crippen molar-refractivity contribution in [2.24, 2.45) is 0 Å². The lowest BCUT2D eigenvalue weighted by molar-refractivity contribution is -0.136. The average molecular weight is 358 g/mol. The molecule has 0 aliphatic rings. The predicted octanol–water partition coefficient (Wildman–Crippen LogP) is 3.67. The number of rotatable bonds is 7. The molecule has 0 saturated carbocycles. The molecule has 4 nitrogen and oxygen atoms in total. The number of esters is 1. The van der Waals surface area contributed by atoms with Crippen LogP contribution in [-0.4, -0.2) is 27.2 Å². The smallest absolute Gasteiger partial charge is 0.333 e. The van der Waals surface area contributed by atoms with E-state index < -0.39 is 15.8 Å². The summed E-state index contributed by atoms with van der Waals surface area (Å²) in [7, 11) is -2.21. The Morgan fingerprint density at radius 3 is 2.24 bits per heavy atom. The molecule has 0 aliphatic heterocycles. The molecule has 0 heterocycles. The summed E-state index contributed by atoms with van der Waals surface area (Å²) in [5.74, 6) is -0.997. The molecule has 5 heteroatoms. The third kappa shape index (κ3) is 5.03. The normalized spacial score (nSPS) is 12.4. The van der Waals surface area contributed by atoms with Crippen LogP contribution in [0.1, 0.15) is 23.5 Å². The lowest BCUT2D eigenvalue weighted by atomic mass is 9.94. The second kappa shape index (κ2) is 8.12. The molecular formula is C20H22O4S. The Morgan fingerprint density at radius 1 is 1.08 bits per heavy atom. The molecule has 0 aromatic heterocycles. The van der Waals surface area contributed by atoms with Crippen LogP contribution >= 0.6 is 0 Å². The van der Waals surface area contributed by atoms with E-state index in [0.717, 1.165) is 11.1 Å². The molecule has 0 fully saturated rings. The lowest BCUT2D eigenvalue weighted by Crippen LogP contribution is -2.18. The first kappa shape index (κ1) is 18.9. The molecule has 1 unspecified atom stereocenters. The Hall–Kier alpha value is -2.40. The molecule has 0 aliphatic carbocycles. The van der Waals surface area contributed by atoms with E-state index in [1.54, 1.807) is 24.3 Å². The number of methoxy groups -OCH3 is 1. The summed E-state index contributed by atoms with van der Waals surface area (Å²) in [6.45, 7) is 5.64. The molecule has 25 heavy (non-hydrogen) atoms. The van der Waals surface area contributed by atoms with Crippen molar-refractivity contribution < 1.29 is 17.9 Å². The fourth-order valence-corrected chi connectivity index (χ4v) is 4.21. The topological polar surface area (TPSA) is 60.4 Å². The van der Waals surface area contributed by atoms with Crippen LogP contribution < -0.4 is 0 Å². The van der Waals surface area contributed by atoms with Gasteiger partial charge in [0.15, 0.2) is 9.84 Å². The second-order valence-electron chi connectivity index (χ2n) is 6.00. The van der Waals surface area contributed by atoms with E-state index in [-0.39, 0.29) is 28.6 Å². The number of hydrogen-bond acceptors (Lipinski definition) is 4. The molecule has 0 spiro atoms. The minimum Gasteiger partial charge on any atom is -0.466 e. The molecular weight excluding hydrogens is 336 g/mol. The Bertz CT molecular complexity index is 837. The number of hydrogen-bond donors (Lipinski definition) is 0. The fraction of sp³-hybridized carbons (Fsp3) is 0.250. The Kier molecular flexibility index (Phi) is 6.15.